The van der Waals surface area contributed by atoms with Crippen LogP contribution in [0.4, 0.5) is 11.4 Å². The van der Waals surface area contributed by atoms with Crippen LogP contribution in [0.3, 0.4) is 0 Å². The minimum atomic E-state index is -0.202. The van der Waals surface area contributed by atoms with E-state index < -0.39 is 0 Å². The van der Waals surface area contributed by atoms with Crippen molar-refractivity contribution in [2.24, 2.45) is 0 Å². The Morgan fingerprint density at radius 1 is 1.04 bits per heavy atom. The Hall–Kier alpha value is -2.86. The van der Waals surface area contributed by atoms with Crippen molar-refractivity contribution in [1.29, 1.82) is 0 Å². The Kier molecular flexibility index (Phi) is 8.02. The van der Waals surface area contributed by atoms with Gasteiger partial charge < -0.3 is 20.3 Å². The summed E-state index contributed by atoms with van der Waals surface area (Å²) in [5, 5.41) is 5.77. The molecule has 0 aliphatic carbocycles. The normalized spacial score (nSPS) is 10.4. The second-order valence-electron chi connectivity index (χ2n) is 6.73. The van der Waals surface area contributed by atoms with Crippen LogP contribution in [0.15, 0.2) is 42.5 Å². The number of ether oxygens (including phenoxy) is 1. The molecule has 6 heteroatoms. The number of nitrogens with one attached hydrogen (secondary N) is 2. The summed E-state index contributed by atoms with van der Waals surface area (Å²) in [7, 11) is 5.39. The number of methoxy groups -OCH3 is 1. The van der Waals surface area contributed by atoms with Crippen molar-refractivity contribution in [3.63, 3.8) is 0 Å². The van der Waals surface area contributed by atoms with Gasteiger partial charge in [0.15, 0.2) is 0 Å². The number of carbonyl (C=O) groups excluding carboxylic acids is 2. The third-order valence-electron chi connectivity index (χ3n) is 4.42. The molecule has 0 atom stereocenters. The fourth-order valence-electron chi connectivity index (χ4n) is 2.79. The Morgan fingerprint density at radius 2 is 1.75 bits per heavy atom. The van der Waals surface area contributed by atoms with Crippen molar-refractivity contribution in [3.05, 3.63) is 59.2 Å². The first-order valence-corrected chi connectivity index (χ1v) is 9.45. The van der Waals surface area contributed by atoms with Crippen molar-refractivity contribution < 1.29 is 14.3 Å². The molecule has 0 heterocycles. The summed E-state index contributed by atoms with van der Waals surface area (Å²) >= 11 is 0. The molecule has 0 aromatic heterocycles. The van der Waals surface area contributed by atoms with Crippen molar-refractivity contribution in [1.82, 2.24) is 5.32 Å². The van der Waals surface area contributed by atoms with E-state index in [-0.39, 0.29) is 11.8 Å². The summed E-state index contributed by atoms with van der Waals surface area (Å²) in [5.41, 5.74) is 3.65. The van der Waals surface area contributed by atoms with E-state index in [1.807, 2.05) is 49.3 Å². The van der Waals surface area contributed by atoms with E-state index >= 15 is 0 Å². The van der Waals surface area contributed by atoms with Crippen LogP contribution >= 0.6 is 0 Å². The van der Waals surface area contributed by atoms with Gasteiger partial charge in [0.25, 0.3) is 11.8 Å². The lowest BCUT2D eigenvalue weighted by Gasteiger charge is -2.18. The maximum absolute atomic E-state index is 12.6. The zero-order valence-corrected chi connectivity index (χ0v) is 17.0. The zero-order chi connectivity index (χ0) is 20.5. The highest BCUT2D eigenvalue weighted by molar-refractivity contribution is 6.06. The Labute approximate surface area is 166 Å². The number of hydrogen-bond donors (Lipinski definition) is 2. The van der Waals surface area contributed by atoms with Crippen LogP contribution in [0.5, 0.6) is 0 Å². The zero-order valence-electron chi connectivity index (χ0n) is 17.0. The molecule has 0 radical (unpaired) electrons. The minimum Gasteiger partial charge on any atom is -0.385 e. The van der Waals surface area contributed by atoms with E-state index in [2.05, 4.69) is 17.6 Å². The number of rotatable bonds is 9. The molecule has 2 N–H and O–H groups in total. The summed E-state index contributed by atoms with van der Waals surface area (Å²) in [6.07, 6.45) is 1.67. The number of benzene rings is 2. The van der Waals surface area contributed by atoms with Gasteiger partial charge in [-0.1, -0.05) is 19.1 Å². The molecule has 0 saturated heterocycles. The first-order valence-electron chi connectivity index (χ1n) is 9.45. The lowest BCUT2D eigenvalue weighted by Crippen LogP contribution is -2.27. The van der Waals surface area contributed by atoms with E-state index in [0.717, 1.165) is 18.5 Å². The molecule has 2 aromatic rings. The summed E-state index contributed by atoms with van der Waals surface area (Å²) in [6.45, 7) is 3.19. The first-order chi connectivity index (χ1) is 13.5. The van der Waals surface area contributed by atoms with Crippen LogP contribution in [0.25, 0.3) is 0 Å². The third kappa shape index (κ3) is 5.82. The van der Waals surface area contributed by atoms with Crippen LogP contribution in [0.2, 0.25) is 0 Å². The molecule has 2 amide bonds. The Morgan fingerprint density at radius 3 is 2.36 bits per heavy atom. The molecule has 0 aliphatic heterocycles. The average Bonchev–Trinajstić information content (AvgIpc) is 2.70. The lowest BCUT2D eigenvalue weighted by atomic mass is 10.1. The highest BCUT2D eigenvalue weighted by atomic mass is 16.5. The predicted octanol–water partition coefficient (Wildman–Crippen LogP) is 3.33. The van der Waals surface area contributed by atoms with Crippen LogP contribution in [-0.4, -0.2) is 46.2 Å². The molecule has 0 fully saturated rings. The Bertz CT molecular complexity index is 801. The van der Waals surface area contributed by atoms with Crippen LogP contribution in [0.1, 0.15) is 39.6 Å². The molecule has 2 aromatic carbocycles. The first kappa shape index (κ1) is 21.4. The second-order valence-corrected chi connectivity index (χ2v) is 6.73. The topological polar surface area (TPSA) is 70.7 Å². The van der Waals surface area contributed by atoms with Crippen LogP contribution < -0.4 is 15.5 Å². The van der Waals surface area contributed by atoms with Crippen LogP contribution in [-0.2, 0) is 11.2 Å². The maximum Gasteiger partial charge on any atom is 0.255 e. The van der Waals surface area contributed by atoms with Gasteiger partial charge in [0, 0.05) is 51.3 Å². The van der Waals surface area contributed by atoms with Gasteiger partial charge in [-0.2, -0.15) is 0 Å². The fraction of sp³-hybridized carbons (Fsp3) is 0.364. The molecular weight excluding hydrogens is 354 g/mol. The monoisotopic (exact) mass is 383 g/mol. The van der Waals surface area contributed by atoms with Crippen molar-refractivity contribution in [2.45, 2.75) is 19.8 Å². The summed E-state index contributed by atoms with van der Waals surface area (Å²) in [6, 6.07) is 12.9. The molecule has 150 valence electrons. The third-order valence-corrected chi connectivity index (χ3v) is 4.42. The van der Waals surface area contributed by atoms with Crippen molar-refractivity contribution >= 4 is 23.2 Å². The number of anilines is 2. The standard InChI is InChI=1S/C22H29N3O3/c1-5-16-7-9-17(10-8-16)21(26)24-18-11-12-20(25(2)3)19(15-18)22(27)23-13-6-14-28-4/h7-12,15H,5-6,13-14H2,1-4H3,(H,23,27)(H,24,26). The van der Waals surface area contributed by atoms with Gasteiger partial charge in [0.05, 0.1) is 5.56 Å². The SMILES string of the molecule is CCc1ccc(C(=O)Nc2ccc(N(C)C)c(C(=O)NCCCOC)c2)cc1. The van der Waals surface area contributed by atoms with Crippen molar-refractivity contribution in [2.75, 3.05) is 44.6 Å². The average molecular weight is 383 g/mol. The molecule has 28 heavy (non-hydrogen) atoms. The number of aryl methyl sites for hydroxylation is 1. The summed E-state index contributed by atoms with van der Waals surface area (Å²) in [4.78, 5) is 27.0. The minimum absolute atomic E-state index is 0.178. The van der Waals surface area contributed by atoms with Crippen LogP contribution in [0, 0.1) is 0 Å². The van der Waals surface area contributed by atoms with Gasteiger partial charge in [-0.25, -0.2) is 0 Å². The van der Waals surface area contributed by atoms with E-state index in [1.54, 1.807) is 19.2 Å². The number of hydrogen-bond acceptors (Lipinski definition) is 4. The molecule has 6 nitrogen and oxygen atoms in total. The predicted molar refractivity (Wildman–Crippen MR) is 113 cm³/mol. The van der Waals surface area contributed by atoms with Gasteiger partial charge in [0.1, 0.15) is 0 Å². The number of amides is 2. The van der Waals surface area contributed by atoms with Gasteiger partial charge in [-0.05, 0) is 48.7 Å². The number of nitrogens with zero attached hydrogens (tertiary/aromatic N) is 1. The van der Waals surface area contributed by atoms with Gasteiger partial charge >= 0.3 is 0 Å². The smallest absolute Gasteiger partial charge is 0.255 e. The largest absolute Gasteiger partial charge is 0.385 e. The van der Waals surface area contributed by atoms with Gasteiger partial charge in [-0.15, -0.1) is 0 Å². The summed E-state index contributed by atoms with van der Waals surface area (Å²) < 4.78 is 5.00. The Balaban J connectivity index is 2.16. The fourth-order valence-corrected chi connectivity index (χ4v) is 2.79. The van der Waals surface area contributed by atoms with E-state index in [1.165, 1.54) is 5.56 Å². The van der Waals surface area contributed by atoms with Gasteiger partial charge in [-0.3, -0.25) is 9.59 Å². The lowest BCUT2D eigenvalue weighted by molar-refractivity contribution is 0.0947. The highest BCUT2D eigenvalue weighted by Crippen LogP contribution is 2.23. The van der Waals surface area contributed by atoms with E-state index in [0.29, 0.717) is 30.0 Å². The molecule has 0 unspecified atom stereocenters. The summed E-state index contributed by atoms with van der Waals surface area (Å²) in [5.74, 6) is -0.380. The maximum atomic E-state index is 12.6. The molecule has 0 bridgehead atoms. The van der Waals surface area contributed by atoms with Crippen molar-refractivity contribution in [3.8, 4) is 0 Å². The molecule has 2 rings (SSSR count). The van der Waals surface area contributed by atoms with E-state index in [4.69, 9.17) is 4.74 Å². The quantitative estimate of drug-likeness (QED) is 0.652. The molecule has 0 saturated carbocycles. The van der Waals surface area contributed by atoms with E-state index in [9.17, 15) is 9.59 Å². The second kappa shape index (κ2) is 10.5. The molecular formula is C22H29N3O3. The van der Waals surface area contributed by atoms with Gasteiger partial charge in [0.2, 0.25) is 0 Å². The molecule has 0 aliphatic rings. The highest BCUT2D eigenvalue weighted by Gasteiger charge is 2.15. The number of carbonyl (C=O) groups is 2. The molecule has 0 spiro atoms.